The monoisotopic (exact) mass is 449 g/mol. The minimum absolute atomic E-state index is 0.255. The normalized spacial score (nSPS) is 16.5. The maximum Gasteiger partial charge on any atom is 0.223 e. The molecule has 1 aliphatic rings. The summed E-state index contributed by atoms with van der Waals surface area (Å²) < 4.78 is 0. The topological polar surface area (TPSA) is 60.0 Å². The second-order valence-electron chi connectivity index (χ2n) is 8.73. The molecule has 0 bridgehead atoms. The number of benzene rings is 2. The van der Waals surface area contributed by atoms with Crippen molar-refractivity contribution in [1.82, 2.24) is 20.4 Å². The molecule has 0 aromatic heterocycles. The van der Waals surface area contributed by atoms with Gasteiger partial charge in [0.05, 0.1) is 0 Å². The molecule has 1 unspecified atom stereocenters. The van der Waals surface area contributed by atoms with E-state index in [-0.39, 0.29) is 5.91 Å². The van der Waals surface area contributed by atoms with Crippen molar-refractivity contribution in [3.8, 4) is 0 Å². The first kappa shape index (κ1) is 24.8. The smallest absolute Gasteiger partial charge is 0.223 e. The van der Waals surface area contributed by atoms with Gasteiger partial charge in [-0.2, -0.15) is 0 Å². The predicted molar refractivity (Wildman–Crippen MR) is 136 cm³/mol. The maximum absolute atomic E-state index is 12.4. The molecule has 1 fully saturated rings. The fraction of sp³-hybridized carbons (Fsp3) is 0.481. The van der Waals surface area contributed by atoms with E-state index in [1.54, 1.807) is 7.05 Å². The number of carbonyl (C=O) groups is 1. The Hall–Kier alpha value is -2.86. The van der Waals surface area contributed by atoms with Crippen LogP contribution >= 0.6 is 0 Å². The Labute approximate surface area is 199 Å². The van der Waals surface area contributed by atoms with Gasteiger partial charge in [0, 0.05) is 52.1 Å². The Morgan fingerprint density at radius 2 is 1.76 bits per heavy atom. The number of rotatable bonds is 11. The quantitative estimate of drug-likeness (QED) is 0.408. The molecule has 2 N–H and O–H groups in total. The van der Waals surface area contributed by atoms with Crippen LogP contribution in [0, 0.1) is 5.92 Å². The molecule has 3 rings (SSSR count). The first-order valence-electron chi connectivity index (χ1n) is 12.2. The average molecular weight is 450 g/mol. The Balaban J connectivity index is 1.42. The van der Waals surface area contributed by atoms with Crippen molar-refractivity contribution >= 4 is 11.9 Å². The van der Waals surface area contributed by atoms with Crippen LogP contribution in [0.25, 0.3) is 0 Å². The maximum atomic E-state index is 12.4. The molecule has 1 saturated heterocycles. The summed E-state index contributed by atoms with van der Waals surface area (Å²) in [5, 5.41) is 6.83. The Morgan fingerprint density at radius 3 is 2.48 bits per heavy atom. The van der Waals surface area contributed by atoms with E-state index in [0.717, 1.165) is 58.2 Å². The number of aliphatic imine (C=N–C) groups is 1. The minimum atomic E-state index is 0.255. The van der Waals surface area contributed by atoms with E-state index in [9.17, 15) is 4.79 Å². The zero-order chi connectivity index (χ0) is 23.5. The molecule has 0 spiro atoms. The van der Waals surface area contributed by atoms with Crippen molar-refractivity contribution in [1.29, 1.82) is 0 Å². The summed E-state index contributed by atoms with van der Waals surface area (Å²) in [7, 11) is 1.79. The molecule has 1 heterocycles. The van der Waals surface area contributed by atoms with Crippen molar-refractivity contribution in [2.75, 3.05) is 39.8 Å². The van der Waals surface area contributed by atoms with Gasteiger partial charge in [-0.3, -0.25) is 14.7 Å². The molecular weight excluding hydrogens is 410 g/mol. The molecule has 2 aromatic carbocycles. The standard InChI is InChI=1S/C27H39N5O/c1-4-31(5-2)20-24-13-9-12-23(16-24)18-29-27(28-3)30-19-25-17-26(33)32(21-25)15-14-22-10-7-6-8-11-22/h6-13,16,25H,4-5,14-15,17-21H2,1-3H3,(H2,28,29,30). The number of hydrogen-bond donors (Lipinski definition) is 2. The average Bonchev–Trinajstić information content (AvgIpc) is 3.21. The van der Waals surface area contributed by atoms with Gasteiger partial charge in [0.1, 0.15) is 0 Å². The van der Waals surface area contributed by atoms with Gasteiger partial charge >= 0.3 is 0 Å². The lowest BCUT2D eigenvalue weighted by Gasteiger charge is -2.19. The third kappa shape index (κ3) is 7.90. The third-order valence-electron chi connectivity index (χ3n) is 6.34. The van der Waals surface area contributed by atoms with Crippen molar-refractivity contribution in [2.45, 2.75) is 39.8 Å². The third-order valence-corrected chi connectivity index (χ3v) is 6.34. The van der Waals surface area contributed by atoms with Crippen LogP contribution in [0.1, 0.15) is 37.0 Å². The fourth-order valence-corrected chi connectivity index (χ4v) is 4.31. The van der Waals surface area contributed by atoms with Crippen LogP contribution in [-0.4, -0.2) is 61.4 Å². The van der Waals surface area contributed by atoms with E-state index < -0.39 is 0 Å². The molecule has 6 nitrogen and oxygen atoms in total. The van der Waals surface area contributed by atoms with Gasteiger partial charge in [-0.1, -0.05) is 68.4 Å². The second kappa shape index (κ2) is 13.0. The summed E-state index contributed by atoms with van der Waals surface area (Å²) in [4.78, 5) is 21.2. The number of guanidine groups is 1. The van der Waals surface area contributed by atoms with Crippen molar-refractivity contribution in [2.24, 2.45) is 10.9 Å². The van der Waals surface area contributed by atoms with Crippen molar-refractivity contribution in [3.63, 3.8) is 0 Å². The molecule has 1 amide bonds. The highest BCUT2D eigenvalue weighted by Gasteiger charge is 2.29. The molecule has 6 heteroatoms. The Bertz CT molecular complexity index is 894. The highest BCUT2D eigenvalue weighted by molar-refractivity contribution is 5.80. The van der Waals surface area contributed by atoms with E-state index in [0.29, 0.717) is 12.3 Å². The molecular formula is C27H39N5O. The molecule has 0 radical (unpaired) electrons. The van der Waals surface area contributed by atoms with Crippen LogP contribution in [-0.2, 0) is 24.3 Å². The SMILES string of the molecule is CCN(CC)Cc1cccc(CNC(=NC)NCC2CC(=O)N(CCc3ccccc3)C2)c1. The highest BCUT2D eigenvalue weighted by atomic mass is 16.2. The van der Waals surface area contributed by atoms with Crippen LogP contribution in [0.5, 0.6) is 0 Å². The summed E-state index contributed by atoms with van der Waals surface area (Å²) in [5.41, 5.74) is 3.85. The number of nitrogens with zero attached hydrogens (tertiary/aromatic N) is 3. The number of carbonyl (C=O) groups excluding carboxylic acids is 1. The van der Waals surface area contributed by atoms with Gasteiger partial charge in [-0.25, -0.2) is 0 Å². The number of nitrogens with one attached hydrogen (secondary N) is 2. The summed E-state index contributed by atoms with van der Waals surface area (Å²) in [6, 6.07) is 19.1. The van der Waals surface area contributed by atoms with Crippen LogP contribution in [0.15, 0.2) is 59.6 Å². The molecule has 0 aliphatic carbocycles. The van der Waals surface area contributed by atoms with E-state index in [1.165, 1.54) is 16.7 Å². The zero-order valence-electron chi connectivity index (χ0n) is 20.4. The van der Waals surface area contributed by atoms with E-state index in [1.807, 2.05) is 23.1 Å². The summed E-state index contributed by atoms with van der Waals surface area (Å²) >= 11 is 0. The van der Waals surface area contributed by atoms with Crippen LogP contribution < -0.4 is 10.6 Å². The van der Waals surface area contributed by atoms with Crippen molar-refractivity contribution < 1.29 is 4.79 Å². The predicted octanol–water partition coefficient (Wildman–Crippen LogP) is 3.28. The van der Waals surface area contributed by atoms with Crippen molar-refractivity contribution in [3.05, 3.63) is 71.3 Å². The molecule has 1 atom stereocenters. The summed E-state index contributed by atoms with van der Waals surface area (Å²) in [6.07, 6.45) is 1.51. The number of amides is 1. The molecule has 0 saturated carbocycles. The van der Waals surface area contributed by atoms with Gasteiger partial charge in [0.25, 0.3) is 0 Å². The number of hydrogen-bond acceptors (Lipinski definition) is 3. The van der Waals surface area contributed by atoms with Crippen LogP contribution in [0.4, 0.5) is 0 Å². The van der Waals surface area contributed by atoms with Crippen LogP contribution in [0.3, 0.4) is 0 Å². The lowest BCUT2D eigenvalue weighted by atomic mass is 10.1. The van der Waals surface area contributed by atoms with Gasteiger partial charge in [0.2, 0.25) is 5.91 Å². The Kier molecular flexibility index (Phi) is 9.76. The van der Waals surface area contributed by atoms with E-state index >= 15 is 0 Å². The highest BCUT2D eigenvalue weighted by Crippen LogP contribution is 2.17. The molecule has 33 heavy (non-hydrogen) atoms. The van der Waals surface area contributed by atoms with Gasteiger partial charge in [0.15, 0.2) is 5.96 Å². The fourth-order valence-electron chi connectivity index (χ4n) is 4.31. The summed E-state index contributed by atoms with van der Waals surface area (Å²) in [6.45, 7) is 10.6. The Morgan fingerprint density at radius 1 is 1.03 bits per heavy atom. The molecule has 178 valence electrons. The molecule has 1 aliphatic heterocycles. The second-order valence-corrected chi connectivity index (χ2v) is 8.73. The number of likely N-dealkylation sites (tertiary alicyclic amines) is 1. The molecule has 2 aromatic rings. The van der Waals surface area contributed by atoms with Gasteiger partial charge in [-0.15, -0.1) is 0 Å². The largest absolute Gasteiger partial charge is 0.356 e. The van der Waals surface area contributed by atoms with Gasteiger partial charge < -0.3 is 15.5 Å². The van der Waals surface area contributed by atoms with Gasteiger partial charge in [-0.05, 0) is 36.2 Å². The van der Waals surface area contributed by atoms with E-state index in [2.05, 4.69) is 70.8 Å². The van der Waals surface area contributed by atoms with Crippen LogP contribution in [0.2, 0.25) is 0 Å². The first-order valence-corrected chi connectivity index (χ1v) is 12.2. The zero-order valence-corrected chi connectivity index (χ0v) is 20.4. The minimum Gasteiger partial charge on any atom is -0.356 e. The summed E-state index contributed by atoms with van der Waals surface area (Å²) in [5.74, 6) is 1.34. The first-order chi connectivity index (χ1) is 16.1. The lowest BCUT2D eigenvalue weighted by Crippen LogP contribution is -2.40. The van der Waals surface area contributed by atoms with E-state index in [4.69, 9.17) is 0 Å². The lowest BCUT2D eigenvalue weighted by molar-refractivity contribution is -0.127.